The van der Waals surface area contributed by atoms with Gasteiger partial charge >= 0.3 is 0 Å². The van der Waals surface area contributed by atoms with Crippen molar-refractivity contribution in [3.05, 3.63) is 40.9 Å². The maximum Gasteiger partial charge on any atom is 0.193 e. The second-order valence-corrected chi connectivity index (χ2v) is 5.81. The largest absolute Gasteiger partial charge is 0.313 e. The number of nitrogens with one attached hydrogen (secondary N) is 1. The van der Waals surface area contributed by atoms with E-state index >= 15 is 0 Å². The highest BCUT2D eigenvalue weighted by Crippen LogP contribution is 2.13. The second kappa shape index (κ2) is 5.76. The lowest BCUT2D eigenvalue weighted by molar-refractivity contribution is 0.663. The molecule has 5 nitrogen and oxygen atoms in total. The van der Waals surface area contributed by atoms with Crippen molar-refractivity contribution in [2.45, 2.75) is 33.4 Å². The fourth-order valence-electron chi connectivity index (χ4n) is 2.23. The lowest BCUT2D eigenvalue weighted by atomic mass is 10.2. The van der Waals surface area contributed by atoms with Crippen LogP contribution in [0.2, 0.25) is 0 Å². The summed E-state index contributed by atoms with van der Waals surface area (Å²) in [6.45, 7) is 6.89. The highest BCUT2D eigenvalue weighted by atomic mass is 32.1. The van der Waals surface area contributed by atoms with E-state index in [2.05, 4.69) is 46.0 Å². The molecule has 3 aromatic rings. The highest BCUT2D eigenvalue weighted by molar-refractivity contribution is 7.15. The van der Waals surface area contributed by atoms with Gasteiger partial charge in [-0.2, -0.15) is 5.10 Å². The van der Waals surface area contributed by atoms with E-state index < -0.39 is 0 Å². The summed E-state index contributed by atoms with van der Waals surface area (Å²) in [6.07, 6.45) is 7.37. The molecule has 1 N–H and O–H groups in total. The monoisotopic (exact) mass is 289 g/mol. The lowest BCUT2D eigenvalue weighted by Crippen LogP contribution is -2.13. The van der Waals surface area contributed by atoms with Crippen LogP contribution in [0.25, 0.3) is 4.96 Å². The van der Waals surface area contributed by atoms with Crippen molar-refractivity contribution in [1.29, 1.82) is 0 Å². The number of aryl methyl sites for hydroxylation is 1. The van der Waals surface area contributed by atoms with Gasteiger partial charge in [0.15, 0.2) is 4.96 Å². The third kappa shape index (κ3) is 2.76. The Balaban J connectivity index is 1.71. The molecule has 0 aromatic carbocycles. The maximum atomic E-state index is 4.59. The van der Waals surface area contributed by atoms with Crippen LogP contribution >= 0.6 is 11.3 Å². The number of hydrogen-bond donors (Lipinski definition) is 1. The zero-order chi connectivity index (χ0) is 13.9. The Bertz CT molecular complexity index is 665. The molecule has 0 saturated heterocycles. The molecule has 0 aliphatic rings. The van der Waals surface area contributed by atoms with Gasteiger partial charge in [-0.05, 0) is 19.9 Å². The molecule has 0 bridgehead atoms. The Hall–Kier alpha value is -1.66. The van der Waals surface area contributed by atoms with Crippen molar-refractivity contribution in [2.24, 2.45) is 0 Å². The Labute approximate surface area is 122 Å². The summed E-state index contributed by atoms with van der Waals surface area (Å²) in [4.78, 5) is 5.62. The first-order chi connectivity index (χ1) is 9.76. The van der Waals surface area contributed by atoms with E-state index in [1.807, 2.05) is 16.3 Å². The Morgan fingerprint density at radius 1 is 1.35 bits per heavy atom. The molecular weight excluding hydrogens is 270 g/mol. The number of imidazole rings is 1. The smallest absolute Gasteiger partial charge is 0.193 e. The van der Waals surface area contributed by atoms with Gasteiger partial charge < -0.3 is 5.32 Å². The van der Waals surface area contributed by atoms with Gasteiger partial charge in [0.2, 0.25) is 0 Å². The van der Waals surface area contributed by atoms with Crippen molar-refractivity contribution in [1.82, 2.24) is 24.5 Å². The number of nitrogens with zero attached hydrogens (tertiary/aromatic N) is 4. The minimum absolute atomic E-state index is 0.725. The topological polar surface area (TPSA) is 47.2 Å². The molecule has 0 saturated carbocycles. The summed E-state index contributed by atoms with van der Waals surface area (Å²) in [6, 6.07) is 0. The zero-order valence-electron chi connectivity index (χ0n) is 11.8. The Morgan fingerprint density at radius 3 is 3.05 bits per heavy atom. The highest BCUT2D eigenvalue weighted by Gasteiger charge is 2.07. The van der Waals surface area contributed by atoms with E-state index in [-0.39, 0.29) is 0 Å². The van der Waals surface area contributed by atoms with E-state index in [9.17, 15) is 0 Å². The third-order valence-corrected chi connectivity index (χ3v) is 4.03. The minimum Gasteiger partial charge on any atom is -0.313 e. The van der Waals surface area contributed by atoms with E-state index in [1.54, 1.807) is 11.3 Å². The summed E-state index contributed by atoms with van der Waals surface area (Å²) in [7, 11) is 0. The van der Waals surface area contributed by atoms with E-state index in [1.165, 1.54) is 5.56 Å². The first-order valence-electron chi connectivity index (χ1n) is 6.91. The lowest BCUT2D eigenvalue weighted by Gasteiger charge is -2.00. The normalized spacial score (nSPS) is 11.5. The van der Waals surface area contributed by atoms with Gasteiger partial charge in [-0.15, -0.1) is 11.3 Å². The summed E-state index contributed by atoms with van der Waals surface area (Å²) < 4.78 is 4.03. The van der Waals surface area contributed by atoms with Crippen LogP contribution in [-0.4, -0.2) is 25.7 Å². The number of hydrogen-bond acceptors (Lipinski definition) is 4. The maximum absolute atomic E-state index is 4.59. The second-order valence-electron chi connectivity index (χ2n) is 4.94. The predicted molar refractivity (Wildman–Crippen MR) is 81.1 cm³/mol. The summed E-state index contributed by atoms with van der Waals surface area (Å²) in [5.74, 6) is 0. The van der Waals surface area contributed by atoms with Crippen LogP contribution in [0, 0.1) is 6.92 Å². The molecule has 20 heavy (non-hydrogen) atoms. The summed E-state index contributed by atoms with van der Waals surface area (Å²) in [5, 5.41) is 10.0. The molecule has 0 amide bonds. The van der Waals surface area contributed by atoms with Crippen LogP contribution in [0.4, 0.5) is 0 Å². The van der Waals surface area contributed by atoms with Gasteiger partial charge in [0.1, 0.15) is 0 Å². The van der Waals surface area contributed by atoms with Gasteiger partial charge in [-0.25, -0.2) is 4.98 Å². The van der Waals surface area contributed by atoms with Gasteiger partial charge in [-0.1, -0.05) is 6.92 Å². The molecule has 3 heterocycles. The average Bonchev–Trinajstić information content (AvgIpc) is 3.06. The van der Waals surface area contributed by atoms with E-state index in [0.717, 1.165) is 42.4 Å². The van der Waals surface area contributed by atoms with Gasteiger partial charge in [0.05, 0.1) is 17.9 Å². The number of thiazole rings is 1. The third-order valence-electron chi connectivity index (χ3n) is 3.26. The predicted octanol–water partition coefficient (Wildman–Crippen LogP) is 2.45. The van der Waals surface area contributed by atoms with Crippen molar-refractivity contribution in [2.75, 3.05) is 6.54 Å². The van der Waals surface area contributed by atoms with Crippen LogP contribution in [0.1, 0.15) is 30.3 Å². The van der Waals surface area contributed by atoms with Crippen molar-refractivity contribution in [3.8, 4) is 0 Å². The molecule has 0 spiro atoms. The molecule has 0 unspecified atom stereocenters. The van der Waals surface area contributed by atoms with Gasteiger partial charge in [0, 0.05) is 36.1 Å². The molecular formula is C14H19N5S. The average molecular weight is 289 g/mol. The molecule has 0 aliphatic heterocycles. The zero-order valence-corrected chi connectivity index (χ0v) is 12.7. The number of rotatable bonds is 6. The SMILES string of the molecule is CCCNCc1cn(Cc2cn3ccsc3n2)nc1C. The quantitative estimate of drug-likeness (QED) is 0.709. The fraction of sp³-hybridized carbons (Fsp3) is 0.429. The molecule has 0 fully saturated rings. The standard InChI is InChI=1S/C14H19N5S/c1-3-4-15-7-12-8-19(17-11(12)2)10-13-9-18-5-6-20-14(18)16-13/h5-6,8-9,15H,3-4,7,10H2,1-2H3. The molecule has 0 radical (unpaired) electrons. The minimum atomic E-state index is 0.725. The molecule has 0 atom stereocenters. The van der Waals surface area contributed by atoms with Crippen LogP contribution in [0.15, 0.2) is 24.0 Å². The number of fused-ring (bicyclic) bond motifs is 1. The van der Waals surface area contributed by atoms with Crippen LogP contribution in [0.3, 0.4) is 0 Å². The Morgan fingerprint density at radius 2 is 2.25 bits per heavy atom. The van der Waals surface area contributed by atoms with Crippen LogP contribution in [-0.2, 0) is 13.1 Å². The van der Waals surface area contributed by atoms with Crippen molar-refractivity contribution in [3.63, 3.8) is 0 Å². The van der Waals surface area contributed by atoms with Gasteiger partial charge in [-0.3, -0.25) is 9.08 Å². The number of aromatic nitrogens is 4. The molecule has 0 aliphatic carbocycles. The molecule has 106 valence electrons. The van der Waals surface area contributed by atoms with Crippen molar-refractivity contribution < 1.29 is 0 Å². The van der Waals surface area contributed by atoms with Crippen LogP contribution in [0.5, 0.6) is 0 Å². The van der Waals surface area contributed by atoms with E-state index in [4.69, 9.17) is 0 Å². The first-order valence-corrected chi connectivity index (χ1v) is 7.79. The fourth-order valence-corrected chi connectivity index (χ4v) is 2.95. The van der Waals surface area contributed by atoms with Crippen molar-refractivity contribution >= 4 is 16.3 Å². The van der Waals surface area contributed by atoms with Gasteiger partial charge in [0.25, 0.3) is 0 Å². The Kier molecular flexibility index (Phi) is 3.84. The summed E-state index contributed by atoms with van der Waals surface area (Å²) >= 11 is 1.65. The molecule has 3 rings (SSSR count). The first kappa shape index (κ1) is 13.3. The molecule has 6 heteroatoms. The van der Waals surface area contributed by atoms with Crippen LogP contribution < -0.4 is 5.32 Å². The summed E-state index contributed by atoms with van der Waals surface area (Å²) in [5.41, 5.74) is 3.40. The van der Waals surface area contributed by atoms with E-state index in [0.29, 0.717) is 0 Å². The molecule has 3 aromatic heterocycles.